The predicted octanol–water partition coefficient (Wildman–Crippen LogP) is 2.24. The number of nitrogens with zero attached hydrogens (tertiary/aromatic N) is 2. The zero-order valence-corrected chi connectivity index (χ0v) is 10.9. The minimum Gasteiger partial charge on any atom is -0.397 e. The largest absolute Gasteiger partial charge is 0.397 e. The third-order valence-corrected chi connectivity index (χ3v) is 2.78. The fraction of sp³-hybridized carbons (Fsp3) is 0.143. The number of nitrogens with two attached hydrogens (primary N) is 2. The van der Waals surface area contributed by atoms with Crippen molar-refractivity contribution in [2.45, 2.75) is 13.8 Å². The van der Waals surface area contributed by atoms with Gasteiger partial charge in [0.25, 0.3) is 0 Å². The first-order valence-electron chi connectivity index (χ1n) is 5.87. The van der Waals surface area contributed by atoms with Gasteiger partial charge in [-0.05, 0) is 37.3 Å². The molecule has 4 N–H and O–H groups in total. The second kappa shape index (κ2) is 4.97. The number of aromatic nitrogens is 1. The summed E-state index contributed by atoms with van der Waals surface area (Å²) < 4.78 is 0. The van der Waals surface area contributed by atoms with Crippen LogP contribution >= 0.6 is 0 Å². The first kappa shape index (κ1) is 12.9. The van der Waals surface area contributed by atoms with Crippen LogP contribution in [0.3, 0.4) is 0 Å². The van der Waals surface area contributed by atoms with Crippen molar-refractivity contribution in [2.24, 2.45) is 0 Å². The molecule has 0 atom stereocenters. The summed E-state index contributed by atoms with van der Waals surface area (Å²) in [6, 6.07) is 8.76. The molecule has 0 aliphatic heterocycles. The van der Waals surface area contributed by atoms with E-state index in [9.17, 15) is 4.79 Å². The van der Waals surface area contributed by atoms with E-state index in [1.807, 2.05) is 13.0 Å². The summed E-state index contributed by atoms with van der Waals surface area (Å²) in [5, 5.41) is 0. The van der Waals surface area contributed by atoms with Crippen LogP contribution in [0.1, 0.15) is 12.6 Å². The van der Waals surface area contributed by atoms with Crippen LogP contribution in [0.4, 0.5) is 22.7 Å². The number of carbonyl (C=O) groups is 1. The highest BCUT2D eigenvalue weighted by molar-refractivity contribution is 5.99. The molecular weight excluding hydrogens is 240 g/mol. The lowest BCUT2D eigenvalue weighted by Gasteiger charge is -2.22. The molecule has 0 radical (unpaired) electrons. The lowest BCUT2D eigenvalue weighted by Crippen LogP contribution is -2.23. The number of aryl methyl sites for hydroxylation is 1. The van der Waals surface area contributed by atoms with Gasteiger partial charge in [-0.2, -0.15) is 0 Å². The van der Waals surface area contributed by atoms with E-state index >= 15 is 0 Å². The molecule has 19 heavy (non-hydrogen) atoms. The Balaban J connectivity index is 2.51. The minimum absolute atomic E-state index is 0.102. The molecule has 5 heteroatoms. The Hall–Kier alpha value is -2.56. The number of pyridine rings is 1. The lowest BCUT2D eigenvalue weighted by molar-refractivity contribution is -0.115. The predicted molar refractivity (Wildman–Crippen MR) is 77.1 cm³/mol. The van der Waals surface area contributed by atoms with E-state index in [0.29, 0.717) is 17.1 Å². The highest BCUT2D eigenvalue weighted by Crippen LogP contribution is 2.29. The fourth-order valence-electron chi connectivity index (χ4n) is 1.88. The topological polar surface area (TPSA) is 85.2 Å². The smallest absolute Gasteiger partial charge is 0.228 e. The van der Waals surface area contributed by atoms with Crippen molar-refractivity contribution in [3.8, 4) is 0 Å². The maximum absolute atomic E-state index is 11.9. The van der Waals surface area contributed by atoms with Crippen LogP contribution in [0.15, 0.2) is 36.5 Å². The highest BCUT2D eigenvalue weighted by atomic mass is 16.2. The van der Waals surface area contributed by atoms with Crippen LogP contribution in [0.2, 0.25) is 0 Å². The quantitative estimate of drug-likeness (QED) is 0.807. The molecule has 0 saturated carbocycles. The first-order chi connectivity index (χ1) is 8.99. The molecule has 0 spiro atoms. The summed E-state index contributed by atoms with van der Waals surface area (Å²) in [6.45, 7) is 3.38. The first-order valence-corrected chi connectivity index (χ1v) is 5.87. The van der Waals surface area contributed by atoms with Crippen molar-refractivity contribution < 1.29 is 4.79 Å². The van der Waals surface area contributed by atoms with E-state index in [4.69, 9.17) is 11.5 Å². The van der Waals surface area contributed by atoms with E-state index in [-0.39, 0.29) is 5.91 Å². The van der Waals surface area contributed by atoms with Crippen LogP contribution in [0, 0.1) is 6.92 Å². The number of hydrogen-bond acceptors (Lipinski definition) is 4. The normalized spacial score (nSPS) is 10.2. The molecule has 2 aromatic rings. The molecule has 0 fully saturated rings. The third-order valence-electron chi connectivity index (χ3n) is 2.78. The maximum atomic E-state index is 11.9. The molecule has 1 aromatic heterocycles. The van der Waals surface area contributed by atoms with Crippen molar-refractivity contribution in [1.82, 2.24) is 4.98 Å². The Morgan fingerprint density at radius 2 is 1.79 bits per heavy atom. The molecule has 0 aliphatic rings. The van der Waals surface area contributed by atoms with Gasteiger partial charge in [-0.3, -0.25) is 14.7 Å². The zero-order chi connectivity index (χ0) is 14.0. The highest BCUT2D eigenvalue weighted by Gasteiger charge is 2.15. The lowest BCUT2D eigenvalue weighted by atomic mass is 10.2. The van der Waals surface area contributed by atoms with Gasteiger partial charge >= 0.3 is 0 Å². The van der Waals surface area contributed by atoms with Gasteiger partial charge in [0.1, 0.15) is 0 Å². The molecular formula is C14H16N4O. The average Bonchev–Trinajstić information content (AvgIpc) is 2.33. The van der Waals surface area contributed by atoms with Gasteiger partial charge in [-0.15, -0.1) is 0 Å². The molecule has 5 nitrogen and oxygen atoms in total. The molecule has 0 saturated heterocycles. The number of hydrogen-bond donors (Lipinski definition) is 2. The summed E-state index contributed by atoms with van der Waals surface area (Å²) in [5.41, 5.74) is 14.7. The van der Waals surface area contributed by atoms with Gasteiger partial charge in [-0.1, -0.05) is 0 Å². The van der Waals surface area contributed by atoms with Crippen LogP contribution in [0.5, 0.6) is 0 Å². The Labute approximate surface area is 111 Å². The molecule has 1 heterocycles. The number of benzene rings is 1. The monoisotopic (exact) mass is 256 g/mol. The van der Waals surface area contributed by atoms with Crippen LogP contribution in [-0.4, -0.2) is 10.9 Å². The number of anilines is 4. The number of rotatable bonds is 2. The van der Waals surface area contributed by atoms with E-state index in [0.717, 1.165) is 11.4 Å². The van der Waals surface area contributed by atoms with E-state index in [1.165, 1.54) is 6.92 Å². The zero-order valence-electron chi connectivity index (χ0n) is 10.9. The molecule has 0 bridgehead atoms. The SMILES string of the molecule is CC(=O)N(c1ccnc(C)c1)c1ccc(N)c(N)c1. The van der Waals surface area contributed by atoms with Gasteiger partial charge in [0.05, 0.1) is 22.7 Å². The summed E-state index contributed by atoms with van der Waals surface area (Å²) in [5.74, 6) is -0.102. The Morgan fingerprint density at radius 1 is 1.11 bits per heavy atom. The van der Waals surface area contributed by atoms with Crippen molar-refractivity contribution in [3.63, 3.8) is 0 Å². The molecule has 1 amide bonds. The van der Waals surface area contributed by atoms with Crippen LogP contribution < -0.4 is 16.4 Å². The van der Waals surface area contributed by atoms with Gasteiger partial charge in [0.15, 0.2) is 0 Å². The molecule has 98 valence electrons. The van der Waals surface area contributed by atoms with Crippen molar-refractivity contribution in [1.29, 1.82) is 0 Å². The van der Waals surface area contributed by atoms with Crippen LogP contribution in [-0.2, 0) is 4.79 Å². The Morgan fingerprint density at radius 3 is 2.37 bits per heavy atom. The van der Waals surface area contributed by atoms with Crippen molar-refractivity contribution >= 4 is 28.7 Å². The number of amides is 1. The fourth-order valence-corrected chi connectivity index (χ4v) is 1.88. The second-order valence-corrected chi connectivity index (χ2v) is 4.32. The maximum Gasteiger partial charge on any atom is 0.228 e. The molecule has 0 unspecified atom stereocenters. The third kappa shape index (κ3) is 2.65. The van der Waals surface area contributed by atoms with Gasteiger partial charge < -0.3 is 11.5 Å². The van der Waals surface area contributed by atoms with E-state index in [2.05, 4.69) is 4.98 Å². The van der Waals surface area contributed by atoms with Crippen molar-refractivity contribution in [2.75, 3.05) is 16.4 Å². The second-order valence-electron chi connectivity index (χ2n) is 4.32. The summed E-state index contributed by atoms with van der Waals surface area (Å²) in [7, 11) is 0. The van der Waals surface area contributed by atoms with E-state index < -0.39 is 0 Å². The number of carbonyl (C=O) groups excluding carboxylic acids is 1. The Bertz CT molecular complexity index is 625. The average molecular weight is 256 g/mol. The van der Waals surface area contributed by atoms with Crippen molar-refractivity contribution in [3.05, 3.63) is 42.2 Å². The number of nitrogen functional groups attached to an aromatic ring is 2. The van der Waals surface area contributed by atoms with Gasteiger partial charge in [-0.25, -0.2) is 0 Å². The Kier molecular flexibility index (Phi) is 3.37. The summed E-state index contributed by atoms with van der Waals surface area (Å²) in [6.07, 6.45) is 1.67. The van der Waals surface area contributed by atoms with E-state index in [1.54, 1.807) is 35.4 Å². The molecule has 1 aromatic carbocycles. The molecule has 2 rings (SSSR count). The standard InChI is InChI=1S/C14H16N4O/c1-9-7-12(5-6-17-9)18(10(2)19)11-3-4-13(15)14(16)8-11/h3-8H,15-16H2,1-2H3. The summed E-state index contributed by atoms with van der Waals surface area (Å²) >= 11 is 0. The summed E-state index contributed by atoms with van der Waals surface area (Å²) in [4.78, 5) is 17.6. The van der Waals surface area contributed by atoms with Crippen LogP contribution in [0.25, 0.3) is 0 Å². The van der Waals surface area contributed by atoms with Gasteiger partial charge in [0, 0.05) is 18.8 Å². The minimum atomic E-state index is -0.102. The molecule has 0 aliphatic carbocycles. The van der Waals surface area contributed by atoms with Gasteiger partial charge in [0.2, 0.25) is 5.91 Å².